The molecular formula is C80H129N12O18S2-. The number of benzene rings is 2. The molecule has 12 amide bonds. The summed E-state index contributed by atoms with van der Waals surface area (Å²) in [6, 6.07) is 4.65. The van der Waals surface area contributed by atoms with Crippen LogP contribution in [0.25, 0.3) is 11.1 Å². The van der Waals surface area contributed by atoms with Gasteiger partial charge in [-0.1, -0.05) is 119 Å². The second kappa shape index (κ2) is 45.8. The zero-order valence-electron chi connectivity index (χ0n) is 69.1. The molecule has 10 N–H and O–H groups in total. The minimum atomic E-state index is -2.77. The van der Waals surface area contributed by atoms with Crippen LogP contribution in [-0.4, -0.2) is 254 Å². The molecule has 3 aliphatic rings. The van der Waals surface area contributed by atoms with Crippen LogP contribution in [0.4, 0.5) is 4.79 Å². The highest BCUT2D eigenvalue weighted by Crippen LogP contribution is 2.48. The molecular weight excluding hydrogens is 1480 g/mol. The average Bonchev–Trinajstić information content (AvgIpc) is 1.60. The van der Waals surface area contributed by atoms with Crippen LogP contribution in [0.15, 0.2) is 47.4 Å². The Morgan fingerprint density at radius 1 is 0.768 bits per heavy atom. The molecule has 32 heteroatoms. The van der Waals surface area contributed by atoms with Crippen LogP contribution in [-0.2, 0) is 94.7 Å². The summed E-state index contributed by atoms with van der Waals surface area (Å²) in [7, 11) is 8.28. The van der Waals surface area contributed by atoms with E-state index in [0.717, 1.165) is 19.3 Å². The molecule has 0 radical (unpaired) electrons. The number of ether oxygens (including phenoxy) is 5. The molecule has 630 valence electrons. The standard InChI is InChI=1S/C80H130N12O18S2/c1-18-20-31-79(11,111-17)57-46-64(94)92(76(57)101)36-38-109-40-42-110-41-39-108-37-30-63(93)86-66(48(3)4)74(99)84-58(26-22-34-83-78(82)103)73(98)88-80(32-33-80)55-28-29-62(112(104)105)56(45-55)54-25-21-24-53(43-54)44-59(71(81)96)85-72(97)52(10)70(107-16)60-27-23-35-91(60)65(95)47-61(106-15)69(51(9)19-2)90(14)77(102)67(49(5)6)87-75(100)68(50(7)8)89(12)13/h21,24-25,28-29,43,45,48-52,57-61,66-70H,18-20,22-23,26-27,30-42,44,46-47H2,1-17H3,(H2,81,96)(H,84,99)(H,85,97)(H,86,93)(H,87,100)(H,88,98)(H,104,105)(H3,82,83,103)/p-1/t51-,52+,57?,58-,59-,60-,61+,66-,67-,68-,69-,70+,79?/m0/s1. The third kappa shape index (κ3) is 27.0. The van der Waals surface area contributed by atoms with Gasteiger partial charge in [-0.3, -0.25) is 62.0 Å². The smallest absolute Gasteiger partial charge is 0.312 e. The molecule has 0 aromatic heterocycles. The second-order valence-corrected chi connectivity index (χ2v) is 33.7. The maximum Gasteiger partial charge on any atom is 0.312 e. The molecule has 2 saturated heterocycles. The number of primary amides is 2. The van der Waals surface area contributed by atoms with Crippen LogP contribution in [0.5, 0.6) is 0 Å². The van der Waals surface area contributed by atoms with E-state index >= 15 is 0 Å². The molecule has 2 aromatic rings. The zero-order valence-corrected chi connectivity index (χ0v) is 70.7. The van der Waals surface area contributed by atoms with Gasteiger partial charge < -0.3 is 81.4 Å². The summed E-state index contributed by atoms with van der Waals surface area (Å²) in [5.41, 5.74) is 12.1. The lowest BCUT2D eigenvalue weighted by Crippen LogP contribution is -2.59. The number of unbranched alkanes of at least 4 members (excludes halogenated alkanes) is 1. The minimum absolute atomic E-state index is 0.0104. The number of hydrogen-bond acceptors (Lipinski definition) is 20. The fourth-order valence-corrected chi connectivity index (χ4v) is 16.6. The summed E-state index contributed by atoms with van der Waals surface area (Å²) in [5.74, 6) is -6.45. The summed E-state index contributed by atoms with van der Waals surface area (Å²) in [6.45, 7) is 22.5. The van der Waals surface area contributed by atoms with Gasteiger partial charge in [0.25, 0.3) is 0 Å². The normalized spacial score (nSPS) is 19.0. The van der Waals surface area contributed by atoms with Crippen LogP contribution >= 0.6 is 11.8 Å². The van der Waals surface area contributed by atoms with Crippen LogP contribution in [0, 0.1) is 35.5 Å². The number of carbonyl (C=O) groups excluding carboxylic acids is 11. The van der Waals surface area contributed by atoms with Crippen molar-refractivity contribution in [2.24, 2.45) is 47.0 Å². The number of hydrogen-bond donors (Lipinski definition) is 8. The van der Waals surface area contributed by atoms with Crippen LogP contribution in [0.3, 0.4) is 0 Å². The van der Waals surface area contributed by atoms with E-state index < -0.39 is 119 Å². The Balaban J connectivity index is 1.20. The molecule has 3 unspecified atom stereocenters. The van der Waals surface area contributed by atoms with Crippen LogP contribution in [0.2, 0.25) is 0 Å². The maximum absolute atomic E-state index is 14.7. The Hall–Kier alpha value is -7.17. The molecule has 0 bridgehead atoms. The lowest BCUT2D eigenvalue weighted by atomic mass is 9.87. The van der Waals surface area contributed by atoms with Gasteiger partial charge in [-0.15, -0.1) is 0 Å². The van der Waals surface area contributed by atoms with Crippen molar-refractivity contribution >= 4 is 87.9 Å². The van der Waals surface area contributed by atoms with Crippen LogP contribution in [0.1, 0.15) is 171 Å². The number of nitrogens with zero attached hydrogens (tertiary/aromatic N) is 4. The first-order chi connectivity index (χ1) is 53.0. The van der Waals surface area contributed by atoms with Crippen molar-refractivity contribution in [1.82, 2.24) is 51.5 Å². The number of thioether (sulfide) groups is 1. The Kier molecular flexibility index (Phi) is 39.0. The van der Waals surface area contributed by atoms with Crippen molar-refractivity contribution in [2.45, 2.75) is 236 Å². The van der Waals surface area contributed by atoms with E-state index in [4.69, 9.17) is 35.2 Å². The minimum Gasteiger partial charge on any atom is -0.768 e. The third-order valence-electron chi connectivity index (χ3n) is 22.1. The van der Waals surface area contributed by atoms with Gasteiger partial charge in [-0.05, 0) is 141 Å². The Bertz CT molecular complexity index is 3500. The maximum atomic E-state index is 14.7. The van der Waals surface area contributed by atoms with E-state index in [2.05, 4.69) is 45.7 Å². The molecule has 0 spiro atoms. The van der Waals surface area contributed by atoms with Gasteiger partial charge in [0.15, 0.2) is 0 Å². The molecule has 2 aliphatic heterocycles. The number of methoxy groups -OCH3 is 2. The number of carbonyl (C=O) groups is 11. The number of imide groups is 1. The molecule has 30 nitrogen and oxygen atoms in total. The number of amides is 12. The third-order valence-corrected chi connectivity index (χ3v) is 24.3. The summed E-state index contributed by atoms with van der Waals surface area (Å²) in [4.78, 5) is 157. The van der Waals surface area contributed by atoms with E-state index in [1.165, 1.54) is 25.2 Å². The number of likely N-dealkylation sites (tertiary alicyclic amines) is 2. The van der Waals surface area contributed by atoms with Gasteiger partial charge in [-0.25, -0.2) is 4.79 Å². The quantitative estimate of drug-likeness (QED) is 0.0244. The SMILES string of the molecule is CCCCC(C)(SC)C1CC(=O)N(CCOCCOCCOCCC(=O)N[C@H](C(=O)N[C@@H](CCCNC(N)=O)C(=O)NC2(c3ccc(S(=O)[O-])c(-c4cccc(C[C@H](NC(=O)[C@H](C)[C@@H](OC)[C@@H]5CCCN5C(=O)C[C@@H](OC)[C@H]([C@@H](C)CC)N(C)C(=O)[C@@H](NC(=O)[C@H](C(C)C)N(C)C)C(C)C)C(N)=O)c4)c3)CC2)C(C)C)C1=O. The summed E-state index contributed by atoms with van der Waals surface area (Å²) >= 11 is -1.14. The highest BCUT2D eigenvalue weighted by atomic mass is 32.2. The lowest BCUT2D eigenvalue weighted by Gasteiger charge is -2.41. The number of nitrogens with two attached hydrogens (primary N) is 2. The molecule has 112 heavy (non-hydrogen) atoms. The van der Waals surface area contributed by atoms with E-state index in [1.54, 1.807) is 85.8 Å². The average molecular weight is 1610 g/mol. The molecule has 2 heterocycles. The van der Waals surface area contributed by atoms with Gasteiger partial charge in [0.05, 0.1) is 100 Å². The Morgan fingerprint density at radius 3 is 1.97 bits per heavy atom. The van der Waals surface area contributed by atoms with Gasteiger partial charge >= 0.3 is 6.03 Å². The fourth-order valence-electron chi connectivity index (χ4n) is 15.2. The van der Waals surface area contributed by atoms with Gasteiger partial charge in [0.2, 0.25) is 59.1 Å². The fraction of sp³-hybridized carbons (Fsp3) is 0.713. The van der Waals surface area contributed by atoms with Crippen molar-refractivity contribution in [2.75, 3.05) is 101 Å². The van der Waals surface area contributed by atoms with Crippen molar-refractivity contribution in [3.8, 4) is 11.1 Å². The second-order valence-electron chi connectivity index (χ2n) is 31.5. The molecule has 1 aliphatic carbocycles. The zero-order chi connectivity index (χ0) is 83.5. The predicted octanol–water partition coefficient (Wildman–Crippen LogP) is 5.06. The predicted molar refractivity (Wildman–Crippen MR) is 427 cm³/mol. The van der Waals surface area contributed by atoms with Crippen molar-refractivity contribution in [3.05, 3.63) is 53.6 Å². The summed E-state index contributed by atoms with van der Waals surface area (Å²) < 4.78 is 54.7. The van der Waals surface area contributed by atoms with Crippen molar-refractivity contribution < 1.29 is 85.2 Å². The van der Waals surface area contributed by atoms with E-state index in [0.29, 0.717) is 55.3 Å². The summed E-state index contributed by atoms with van der Waals surface area (Å²) in [6.07, 6.45) is 5.98. The molecule has 14 atom stereocenters. The van der Waals surface area contributed by atoms with Gasteiger partial charge in [0, 0.05) is 63.3 Å². The molecule has 5 rings (SSSR count). The first-order valence-electron chi connectivity index (χ1n) is 39.6. The number of rotatable bonds is 51. The number of likely N-dealkylation sites (N-methyl/N-ethyl adjacent to an activating group) is 2. The largest absolute Gasteiger partial charge is 0.768 e. The van der Waals surface area contributed by atoms with Crippen molar-refractivity contribution in [3.63, 3.8) is 0 Å². The van der Waals surface area contributed by atoms with E-state index in [9.17, 15) is 61.5 Å². The number of nitrogens with one attached hydrogen (secondary N) is 6. The summed E-state index contributed by atoms with van der Waals surface area (Å²) in [5, 5.41) is 17.0. The van der Waals surface area contributed by atoms with E-state index in [1.807, 2.05) is 66.8 Å². The van der Waals surface area contributed by atoms with Crippen LogP contribution < -0.4 is 43.4 Å². The molecule has 3 fully saturated rings. The van der Waals surface area contributed by atoms with Gasteiger partial charge in [-0.2, -0.15) is 11.8 Å². The first kappa shape index (κ1) is 95.4. The lowest BCUT2D eigenvalue weighted by molar-refractivity contribution is -0.148. The molecule has 2 aromatic carbocycles. The highest BCUT2D eigenvalue weighted by molar-refractivity contribution is 8.00. The topological polar surface area (TPSA) is 411 Å². The monoisotopic (exact) mass is 1610 g/mol. The Labute approximate surface area is 669 Å². The van der Waals surface area contributed by atoms with Gasteiger partial charge in [0.1, 0.15) is 24.2 Å². The first-order valence-corrected chi connectivity index (χ1v) is 41.9. The number of urea groups is 1. The van der Waals surface area contributed by atoms with Crippen molar-refractivity contribution in [1.29, 1.82) is 0 Å². The molecule has 1 saturated carbocycles. The highest BCUT2D eigenvalue weighted by Gasteiger charge is 2.50. The Morgan fingerprint density at radius 2 is 1.41 bits per heavy atom. The van der Waals surface area contributed by atoms with E-state index in [-0.39, 0.29) is 160 Å².